The molecule has 9 nitrogen and oxygen atoms in total. The normalized spacial score (nSPS) is 14.5. The number of nitrogen functional groups attached to an aromatic ring is 1. The van der Waals surface area contributed by atoms with Gasteiger partial charge >= 0.3 is 6.09 Å². The lowest BCUT2D eigenvalue weighted by atomic mass is 10.0. The van der Waals surface area contributed by atoms with Gasteiger partial charge in [0.1, 0.15) is 11.2 Å². The molecule has 5 N–H and O–H groups in total. The first-order chi connectivity index (χ1) is 15.8. The van der Waals surface area contributed by atoms with E-state index in [2.05, 4.69) is 37.6 Å². The number of rotatable bonds is 3. The SMILES string of the molecule is CC(C)(C)OC(=O)N1CC=C(c2cc3c(Nc4ccc5[nH]nc(N)c5c4)ccnc3[nH]2)CC1. The third-order valence-electron chi connectivity index (χ3n) is 5.61. The number of aromatic nitrogens is 4. The highest BCUT2D eigenvalue weighted by molar-refractivity contribution is 5.96. The smallest absolute Gasteiger partial charge is 0.410 e. The number of benzene rings is 1. The van der Waals surface area contributed by atoms with Crippen LogP contribution in [0.2, 0.25) is 0 Å². The molecule has 0 bridgehead atoms. The molecule has 4 heterocycles. The number of aromatic amines is 2. The summed E-state index contributed by atoms with van der Waals surface area (Å²) in [7, 11) is 0. The first-order valence-corrected chi connectivity index (χ1v) is 10.9. The number of hydrogen-bond acceptors (Lipinski definition) is 6. The van der Waals surface area contributed by atoms with E-state index >= 15 is 0 Å². The van der Waals surface area contributed by atoms with Gasteiger partial charge in [0.25, 0.3) is 0 Å². The molecule has 9 heteroatoms. The van der Waals surface area contributed by atoms with Crippen LogP contribution in [-0.2, 0) is 4.74 Å². The van der Waals surface area contributed by atoms with Crippen LogP contribution in [0.4, 0.5) is 22.0 Å². The van der Waals surface area contributed by atoms with E-state index < -0.39 is 5.60 Å². The number of ether oxygens (including phenoxy) is 1. The Morgan fingerprint density at radius 2 is 2.06 bits per heavy atom. The van der Waals surface area contributed by atoms with Crippen LogP contribution in [0.3, 0.4) is 0 Å². The Balaban J connectivity index is 1.37. The fraction of sp³-hybridized carbons (Fsp3) is 0.292. The predicted octanol–water partition coefficient (Wildman–Crippen LogP) is 4.79. The molecule has 0 spiro atoms. The number of fused-ring (bicyclic) bond motifs is 2. The largest absolute Gasteiger partial charge is 0.444 e. The zero-order valence-corrected chi connectivity index (χ0v) is 18.9. The molecule has 1 aliphatic heterocycles. The number of nitrogens with zero attached hydrogens (tertiary/aromatic N) is 3. The van der Waals surface area contributed by atoms with Crippen molar-refractivity contribution in [1.29, 1.82) is 0 Å². The zero-order valence-electron chi connectivity index (χ0n) is 18.9. The Hall–Kier alpha value is -4.01. The summed E-state index contributed by atoms with van der Waals surface area (Å²) >= 11 is 0. The highest BCUT2D eigenvalue weighted by Gasteiger charge is 2.24. The number of H-pyrrole nitrogens is 2. The fourth-order valence-electron chi connectivity index (χ4n) is 3.98. The molecule has 0 fully saturated rings. The van der Waals surface area contributed by atoms with E-state index in [0.717, 1.165) is 51.0 Å². The number of nitrogens with one attached hydrogen (secondary N) is 3. The summed E-state index contributed by atoms with van der Waals surface area (Å²) in [5.41, 5.74) is 11.2. The van der Waals surface area contributed by atoms with Gasteiger partial charge in [-0.3, -0.25) is 5.10 Å². The van der Waals surface area contributed by atoms with E-state index in [4.69, 9.17) is 10.5 Å². The number of pyridine rings is 1. The second kappa shape index (κ2) is 7.84. The van der Waals surface area contributed by atoms with Gasteiger partial charge < -0.3 is 25.7 Å². The molecule has 3 aromatic heterocycles. The maximum atomic E-state index is 12.3. The minimum atomic E-state index is -0.499. The maximum absolute atomic E-state index is 12.3. The summed E-state index contributed by atoms with van der Waals surface area (Å²) in [6.07, 6.45) is 4.30. The Bertz CT molecular complexity index is 1380. The molecular formula is C24H27N7O2. The second-order valence-electron chi connectivity index (χ2n) is 9.20. The van der Waals surface area contributed by atoms with Gasteiger partial charge in [0.15, 0.2) is 5.82 Å². The van der Waals surface area contributed by atoms with Gasteiger partial charge in [0, 0.05) is 41.4 Å². The van der Waals surface area contributed by atoms with Crippen molar-refractivity contribution >= 4 is 50.8 Å². The van der Waals surface area contributed by atoms with E-state index in [-0.39, 0.29) is 6.09 Å². The van der Waals surface area contributed by atoms with Crippen molar-refractivity contribution in [3.63, 3.8) is 0 Å². The van der Waals surface area contributed by atoms with Crippen LogP contribution in [0, 0.1) is 0 Å². The molecule has 0 atom stereocenters. The molecule has 33 heavy (non-hydrogen) atoms. The highest BCUT2D eigenvalue weighted by atomic mass is 16.6. The zero-order chi connectivity index (χ0) is 23.2. The summed E-state index contributed by atoms with van der Waals surface area (Å²) in [6, 6.07) is 9.95. The first kappa shape index (κ1) is 20.9. The molecule has 170 valence electrons. The van der Waals surface area contributed by atoms with E-state index in [1.54, 1.807) is 11.1 Å². The summed E-state index contributed by atoms with van der Waals surface area (Å²) < 4.78 is 5.49. The molecule has 4 aromatic rings. The van der Waals surface area contributed by atoms with E-state index in [9.17, 15) is 4.79 Å². The average molecular weight is 446 g/mol. The van der Waals surface area contributed by atoms with E-state index in [0.29, 0.717) is 18.9 Å². The predicted molar refractivity (Wildman–Crippen MR) is 130 cm³/mol. The first-order valence-electron chi connectivity index (χ1n) is 10.9. The minimum absolute atomic E-state index is 0.280. The minimum Gasteiger partial charge on any atom is -0.444 e. The summed E-state index contributed by atoms with van der Waals surface area (Å²) in [4.78, 5) is 22.0. The summed E-state index contributed by atoms with van der Waals surface area (Å²) in [5.74, 6) is 0.474. The van der Waals surface area contributed by atoms with Gasteiger partial charge in [-0.2, -0.15) is 5.10 Å². The van der Waals surface area contributed by atoms with Crippen molar-refractivity contribution < 1.29 is 9.53 Å². The van der Waals surface area contributed by atoms with Gasteiger partial charge in [0.2, 0.25) is 0 Å². The number of anilines is 3. The molecule has 0 unspecified atom stereocenters. The standard InChI is InChI=1S/C24H27N7O2/c1-24(2,3)33-23(32)31-10-7-14(8-11-31)20-13-17-18(6-9-26-22(17)28-20)27-15-4-5-19-16(12-15)21(25)30-29-19/h4-7,9,12-13H,8,10-11H2,1-3H3,(H3,25,29,30)(H2,26,27,28). The van der Waals surface area contributed by atoms with Crippen LogP contribution >= 0.6 is 0 Å². The maximum Gasteiger partial charge on any atom is 0.410 e. The molecule has 0 radical (unpaired) electrons. The second-order valence-corrected chi connectivity index (χ2v) is 9.20. The summed E-state index contributed by atoms with van der Waals surface area (Å²) in [6.45, 7) is 6.76. The molecular weight excluding hydrogens is 418 g/mol. The van der Waals surface area contributed by atoms with Gasteiger partial charge in [0.05, 0.1) is 11.2 Å². The number of hydrogen-bond donors (Lipinski definition) is 4. The van der Waals surface area contributed by atoms with Crippen molar-refractivity contribution in [3.05, 3.63) is 48.3 Å². The van der Waals surface area contributed by atoms with Crippen molar-refractivity contribution in [2.24, 2.45) is 0 Å². The van der Waals surface area contributed by atoms with Crippen molar-refractivity contribution in [2.75, 3.05) is 24.1 Å². The van der Waals surface area contributed by atoms with Gasteiger partial charge in [-0.15, -0.1) is 0 Å². The molecule has 5 rings (SSSR count). The van der Waals surface area contributed by atoms with Gasteiger partial charge in [-0.25, -0.2) is 9.78 Å². The monoisotopic (exact) mass is 445 g/mol. The quantitative estimate of drug-likeness (QED) is 0.359. The van der Waals surface area contributed by atoms with E-state index in [1.165, 1.54) is 0 Å². The van der Waals surface area contributed by atoms with Crippen LogP contribution in [-0.4, -0.2) is 49.8 Å². The van der Waals surface area contributed by atoms with Crippen LogP contribution < -0.4 is 11.1 Å². The topological polar surface area (TPSA) is 125 Å². The molecule has 0 saturated carbocycles. The Morgan fingerprint density at radius 3 is 2.82 bits per heavy atom. The number of amides is 1. The lowest BCUT2D eigenvalue weighted by Crippen LogP contribution is -2.39. The number of carbonyl (C=O) groups is 1. The van der Waals surface area contributed by atoms with Gasteiger partial charge in [-0.1, -0.05) is 6.08 Å². The van der Waals surface area contributed by atoms with Crippen molar-refractivity contribution in [3.8, 4) is 0 Å². The lowest BCUT2D eigenvalue weighted by Gasteiger charge is -2.29. The van der Waals surface area contributed by atoms with Gasteiger partial charge in [-0.05, 0) is 63.1 Å². The van der Waals surface area contributed by atoms with Crippen LogP contribution in [0.25, 0.3) is 27.5 Å². The van der Waals surface area contributed by atoms with Crippen LogP contribution in [0.15, 0.2) is 42.6 Å². The number of carbonyl (C=O) groups excluding carboxylic acids is 1. The Morgan fingerprint density at radius 1 is 1.21 bits per heavy atom. The van der Waals surface area contributed by atoms with E-state index in [1.807, 2.05) is 45.0 Å². The third-order valence-corrected chi connectivity index (χ3v) is 5.61. The number of nitrogens with two attached hydrogens (primary N) is 1. The summed E-state index contributed by atoms with van der Waals surface area (Å²) in [5, 5.41) is 12.3. The van der Waals surface area contributed by atoms with Crippen LogP contribution in [0.1, 0.15) is 32.9 Å². The molecule has 0 saturated heterocycles. The molecule has 1 aliphatic rings. The fourth-order valence-corrected chi connectivity index (χ4v) is 3.98. The lowest BCUT2D eigenvalue weighted by molar-refractivity contribution is 0.0270. The third kappa shape index (κ3) is 4.21. The highest BCUT2D eigenvalue weighted by Crippen LogP contribution is 2.31. The van der Waals surface area contributed by atoms with Crippen LogP contribution in [0.5, 0.6) is 0 Å². The molecule has 1 aromatic carbocycles. The van der Waals surface area contributed by atoms with Crippen molar-refractivity contribution in [1.82, 2.24) is 25.1 Å². The van der Waals surface area contributed by atoms with Crippen molar-refractivity contribution in [2.45, 2.75) is 32.8 Å². The molecule has 1 amide bonds. The Labute approximate surface area is 191 Å². The molecule has 0 aliphatic carbocycles. The Kier molecular flexibility index (Phi) is 4.96. The average Bonchev–Trinajstić information content (AvgIpc) is 3.37.